The van der Waals surface area contributed by atoms with Gasteiger partial charge in [0.05, 0.1) is 11.1 Å². The molecule has 0 unspecified atom stereocenters. The number of benzene rings is 4. The third-order valence-electron chi connectivity index (χ3n) is 5.01. The lowest BCUT2D eigenvalue weighted by Crippen LogP contribution is -1.98. The minimum Gasteiger partial charge on any atom is -0.478 e. The molecule has 0 aromatic heterocycles. The van der Waals surface area contributed by atoms with Gasteiger partial charge in [0.1, 0.15) is 0 Å². The Kier molecular flexibility index (Phi) is 5.14. The molecule has 0 fully saturated rings. The first kappa shape index (κ1) is 19.2. The van der Waals surface area contributed by atoms with Crippen LogP contribution in [0.5, 0.6) is 0 Å². The fraction of sp³-hybridized carbons (Fsp3) is 0. The standard InChI is InChI=1S/C26H18O4/c27-25(28)19-12-10-18(11-13-19)21-8-4-5-9-22(21)23-15-14-20(26(29)30)16-24(23)17-6-2-1-3-7-17/h1-16H,(H,27,28)(H,29,30). The molecule has 0 aliphatic carbocycles. The summed E-state index contributed by atoms with van der Waals surface area (Å²) in [5.74, 6) is -1.94. The Labute approximate surface area is 173 Å². The van der Waals surface area contributed by atoms with E-state index in [1.165, 1.54) is 0 Å². The van der Waals surface area contributed by atoms with Gasteiger partial charge in [0.25, 0.3) is 0 Å². The van der Waals surface area contributed by atoms with Crippen molar-refractivity contribution in [1.82, 2.24) is 0 Å². The topological polar surface area (TPSA) is 74.6 Å². The van der Waals surface area contributed by atoms with Gasteiger partial charge in [-0.15, -0.1) is 0 Å². The van der Waals surface area contributed by atoms with E-state index < -0.39 is 11.9 Å². The van der Waals surface area contributed by atoms with Crippen molar-refractivity contribution >= 4 is 11.9 Å². The third-order valence-corrected chi connectivity index (χ3v) is 5.01. The molecule has 0 aliphatic heterocycles. The molecule has 2 N–H and O–H groups in total. The Hall–Kier alpha value is -4.18. The van der Waals surface area contributed by atoms with Gasteiger partial charge in [-0.1, -0.05) is 72.8 Å². The molecule has 4 heteroatoms. The average Bonchev–Trinajstić information content (AvgIpc) is 2.79. The normalized spacial score (nSPS) is 10.5. The molecular formula is C26H18O4. The van der Waals surface area contributed by atoms with E-state index in [0.29, 0.717) is 0 Å². The molecule has 0 heterocycles. The zero-order chi connectivity index (χ0) is 21.1. The number of carboxylic acid groups (broad SMARTS) is 2. The third kappa shape index (κ3) is 3.71. The Morgan fingerprint density at radius 3 is 1.60 bits per heavy atom. The van der Waals surface area contributed by atoms with Gasteiger partial charge >= 0.3 is 11.9 Å². The van der Waals surface area contributed by atoms with Crippen molar-refractivity contribution in [3.8, 4) is 33.4 Å². The van der Waals surface area contributed by atoms with Gasteiger partial charge in [0.2, 0.25) is 0 Å². The summed E-state index contributed by atoms with van der Waals surface area (Å²) in [6, 6.07) is 29.4. The van der Waals surface area contributed by atoms with Crippen LogP contribution in [0.4, 0.5) is 0 Å². The van der Waals surface area contributed by atoms with E-state index in [9.17, 15) is 14.7 Å². The highest BCUT2D eigenvalue weighted by Gasteiger charge is 2.15. The average molecular weight is 394 g/mol. The summed E-state index contributed by atoms with van der Waals surface area (Å²) in [4.78, 5) is 22.7. The van der Waals surface area contributed by atoms with Crippen LogP contribution >= 0.6 is 0 Å². The SMILES string of the molecule is O=C(O)c1ccc(-c2ccccc2-c2ccc(C(=O)O)cc2-c2ccccc2)cc1. The molecule has 0 bridgehead atoms. The lowest BCUT2D eigenvalue weighted by atomic mass is 9.88. The number of hydrogen-bond acceptors (Lipinski definition) is 2. The number of carbonyl (C=O) groups is 2. The van der Waals surface area contributed by atoms with Crippen molar-refractivity contribution in [2.24, 2.45) is 0 Å². The van der Waals surface area contributed by atoms with E-state index in [4.69, 9.17) is 5.11 Å². The van der Waals surface area contributed by atoms with Gasteiger partial charge in [-0.25, -0.2) is 9.59 Å². The summed E-state index contributed by atoms with van der Waals surface area (Å²) >= 11 is 0. The van der Waals surface area contributed by atoms with E-state index in [1.807, 2.05) is 60.7 Å². The van der Waals surface area contributed by atoms with Gasteiger partial charge in [-0.2, -0.15) is 0 Å². The summed E-state index contributed by atoms with van der Waals surface area (Å²) in [5.41, 5.74) is 5.87. The van der Waals surface area contributed by atoms with Gasteiger partial charge in [0.15, 0.2) is 0 Å². The summed E-state index contributed by atoms with van der Waals surface area (Å²) in [5, 5.41) is 18.6. The van der Waals surface area contributed by atoms with Gasteiger partial charge in [-0.05, 0) is 57.6 Å². The minimum atomic E-state index is -0.976. The van der Waals surface area contributed by atoms with Gasteiger partial charge in [0, 0.05) is 0 Å². The van der Waals surface area contributed by atoms with Crippen LogP contribution in [0.1, 0.15) is 20.7 Å². The van der Waals surface area contributed by atoms with Crippen LogP contribution in [0, 0.1) is 0 Å². The Morgan fingerprint density at radius 1 is 0.467 bits per heavy atom. The van der Waals surface area contributed by atoms with Crippen LogP contribution in [0.2, 0.25) is 0 Å². The smallest absolute Gasteiger partial charge is 0.335 e. The first-order valence-corrected chi connectivity index (χ1v) is 9.40. The number of rotatable bonds is 5. The molecule has 30 heavy (non-hydrogen) atoms. The summed E-state index contributed by atoms with van der Waals surface area (Å²) in [6.07, 6.45) is 0. The fourth-order valence-corrected chi connectivity index (χ4v) is 3.53. The van der Waals surface area contributed by atoms with E-state index >= 15 is 0 Å². The van der Waals surface area contributed by atoms with Crippen LogP contribution in [0.25, 0.3) is 33.4 Å². The Bertz CT molecular complexity index is 1230. The molecule has 4 aromatic carbocycles. The second kappa shape index (κ2) is 8.05. The molecule has 0 amide bonds. The van der Waals surface area contributed by atoms with Crippen molar-refractivity contribution in [3.05, 3.63) is 108 Å². The molecular weight excluding hydrogens is 376 g/mol. The second-order valence-electron chi connectivity index (χ2n) is 6.86. The summed E-state index contributed by atoms with van der Waals surface area (Å²) in [7, 11) is 0. The molecule has 4 rings (SSSR count). The molecule has 146 valence electrons. The lowest BCUT2D eigenvalue weighted by molar-refractivity contribution is 0.0686. The van der Waals surface area contributed by atoms with Gasteiger partial charge < -0.3 is 10.2 Å². The first-order valence-electron chi connectivity index (χ1n) is 9.40. The summed E-state index contributed by atoms with van der Waals surface area (Å²) < 4.78 is 0. The van der Waals surface area contributed by atoms with Gasteiger partial charge in [-0.3, -0.25) is 0 Å². The largest absolute Gasteiger partial charge is 0.478 e. The first-order chi connectivity index (χ1) is 14.5. The molecule has 0 saturated carbocycles. The minimum absolute atomic E-state index is 0.223. The Morgan fingerprint density at radius 2 is 0.967 bits per heavy atom. The van der Waals surface area contributed by atoms with E-state index in [2.05, 4.69) is 0 Å². The van der Waals surface area contributed by atoms with E-state index in [1.54, 1.807) is 36.4 Å². The van der Waals surface area contributed by atoms with Crippen molar-refractivity contribution in [2.75, 3.05) is 0 Å². The molecule has 4 aromatic rings. The molecule has 0 saturated heterocycles. The van der Waals surface area contributed by atoms with Crippen LogP contribution in [-0.2, 0) is 0 Å². The van der Waals surface area contributed by atoms with E-state index in [0.717, 1.165) is 33.4 Å². The molecule has 0 radical (unpaired) electrons. The fourth-order valence-electron chi connectivity index (χ4n) is 3.53. The van der Waals surface area contributed by atoms with Crippen molar-refractivity contribution < 1.29 is 19.8 Å². The Balaban J connectivity index is 1.91. The quantitative estimate of drug-likeness (QED) is 0.430. The predicted molar refractivity (Wildman–Crippen MR) is 117 cm³/mol. The predicted octanol–water partition coefficient (Wildman–Crippen LogP) is 6.08. The monoisotopic (exact) mass is 394 g/mol. The van der Waals surface area contributed by atoms with Crippen LogP contribution in [-0.4, -0.2) is 22.2 Å². The molecule has 4 nitrogen and oxygen atoms in total. The lowest BCUT2D eigenvalue weighted by Gasteiger charge is -2.15. The maximum atomic E-state index is 11.6. The van der Waals surface area contributed by atoms with Crippen LogP contribution in [0.3, 0.4) is 0 Å². The second-order valence-corrected chi connectivity index (χ2v) is 6.86. The van der Waals surface area contributed by atoms with Crippen molar-refractivity contribution in [1.29, 1.82) is 0 Å². The van der Waals surface area contributed by atoms with Crippen molar-refractivity contribution in [3.63, 3.8) is 0 Å². The summed E-state index contributed by atoms with van der Waals surface area (Å²) in [6.45, 7) is 0. The highest BCUT2D eigenvalue weighted by molar-refractivity contribution is 5.96. The molecule has 0 atom stereocenters. The highest BCUT2D eigenvalue weighted by atomic mass is 16.4. The van der Waals surface area contributed by atoms with Crippen LogP contribution < -0.4 is 0 Å². The van der Waals surface area contributed by atoms with Crippen LogP contribution in [0.15, 0.2) is 97.1 Å². The number of aromatic carboxylic acids is 2. The molecule has 0 spiro atoms. The highest BCUT2D eigenvalue weighted by Crippen LogP contribution is 2.38. The maximum Gasteiger partial charge on any atom is 0.335 e. The van der Waals surface area contributed by atoms with Crippen molar-refractivity contribution in [2.45, 2.75) is 0 Å². The van der Waals surface area contributed by atoms with E-state index in [-0.39, 0.29) is 11.1 Å². The zero-order valence-electron chi connectivity index (χ0n) is 15.9. The number of carboxylic acids is 2. The maximum absolute atomic E-state index is 11.6. The zero-order valence-corrected chi connectivity index (χ0v) is 15.9. The molecule has 0 aliphatic rings. The number of hydrogen-bond donors (Lipinski definition) is 2.